The molecule has 4 rings (SSSR count). The zero-order valence-electron chi connectivity index (χ0n) is 19.2. The zero-order valence-corrected chi connectivity index (χ0v) is 19.2. The van der Waals surface area contributed by atoms with Crippen molar-refractivity contribution in [3.63, 3.8) is 0 Å². The Morgan fingerprint density at radius 2 is 1.76 bits per heavy atom. The van der Waals surface area contributed by atoms with E-state index in [1.165, 1.54) is 0 Å². The summed E-state index contributed by atoms with van der Waals surface area (Å²) in [5.74, 6) is 1.01. The molecule has 1 fully saturated rings. The van der Waals surface area contributed by atoms with Gasteiger partial charge in [-0.25, -0.2) is 4.98 Å². The van der Waals surface area contributed by atoms with Crippen LogP contribution in [0.25, 0.3) is 0 Å². The molecule has 2 aromatic carbocycles. The van der Waals surface area contributed by atoms with E-state index in [4.69, 9.17) is 0 Å². The molecule has 1 aliphatic heterocycles. The molecular weight excluding hydrogens is 412 g/mol. The summed E-state index contributed by atoms with van der Waals surface area (Å²) in [5, 5.41) is 5.79. The molecule has 170 valence electrons. The van der Waals surface area contributed by atoms with Crippen LogP contribution in [0.3, 0.4) is 0 Å². The van der Waals surface area contributed by atoms with Gasteiger partial charge in [0.05, 0.1) is 12.0 Å². The molecule has 1 aliphatic rings. The summed E-state index contributed by atoms with van der Waals surface area (Å²) in [5.41, 5.74) is 4.40. The van der Waals surface area contributed by atoms with Crippen molar-refractivity contribution in [2.45, 2.75) is 33.1 Å². The maximum absolute atomic E-state index is 13.1. The fraction of sp³-hybridized carbons (Fsp3) is 0.296. The zero-order chi connectivity index (χ0) is 23.2. The van der Waals surface area contributed by atoms with Gasteiger partial charge in [0.25, 0.3) is 5.91 Å². The SMILES string of the molecule is Cc1ccc(C(=O)Nc2ccc(CC(=O)Nc3ccccn3)cc2)c(N2CCC(C)CC2)c1. The number of aryl methyl sites for hydroxylation is 1. The Morgan fingerprint density at radius 3 is 2.45 bits per heavy atom. The van der Waals surface area contributed by atoms with Crippen LogP contribution in [-0.2, 0) is 11.2 Å². The molecule has 6 nitrogen and oxygen atoms in total. The van der Waals surface area contributed by atoms with Gasteiger partial charge < -0.3 is 15.5 Å². The summed E-state index contributed by atoms with van der Waals surface area (Å²) in [7, 11) is 0. The number of rotatable bonds is 6. The lowest BCUT2D eigenvalue weighted by molar-refractivity contribution is -0.115. The van der Waals surface area contributed by atoms with Crippen LogP contribution >= 0.6 is 0 Å². The van der Waals surface area contributed by atoms with Gasteiger partial charge >= 0.3 is 0 Å². The number of carbonyl (C=O) groups excluding carboxylic acids is 2. The second-order valence-corrected chi connectivity index (χ2v) is 8.78. The van der Waals surface area contributed by atoms with E-state index in [2.05, 4.69) is 40.4 Å². The topological polar surface area (TPSA) is 74.3 Å². The molecule has 6 heteroatoms. The van der Waals surface area contributed by atoms with Crippen molar-refractivity contribution in [1.29, 1.82) is 0 Å². The second kappa shape index (κ2) is 10.3. The van der Waals surface area contributed by atoms with Crippen LogP contribution < -0.4 is 15.5 Å². The number of amides is 2. The van der Waals surface area contributed by atoms with E-state index < -0.39 is 0 Å². The highest BCUT2D eigenvalue weighted by molar-refractivity contribution is 6.08. The third-order valence-corrected chi connectivity index (χ3v) is 6.03. The summed E-state index contributed by atoms with van der Waals surface area (Å²) in [6, 6.07) is 18.7. The molecule has 0 saturated carbocycles. The van der Waals surface area contributed by atoms with Crippen molar-refractivity contribution in [2.75, 3.05) is 28.6 Å². The molecule has 2 heterocycles. The van der Waals surface area contributed by atoms with Gasteiger partial charge in [-0.15, -0.1) is 0 Å². The Balaban J connectivity index is 1.40. The third kappa shape index (κ3) is 5.98. The number of pyridine rings is 1. The molecule has 0 spiro atoms. The molecule has 0 aliphatic carbocycles. The first-order chi connectivity index (χ1) is 16.0. The Kier molecular flexibility index (Phi) is 7.03. The standard InChI is InChI=1S/C27H30N4O2/c1-19-12-15-31(16-13-19)24-17-20(2)6-11-23(24)27(33)29-22-9-7-21(8-10-22)18-26(32)30-25-5-3-4-14-28-25/h3-11,14,17,19H,12-13,15-16,18H2,1-2H3,(H,29,33)(H,28,30,32). The van der Waals surface area contributed by atoms with Crippen molar-refractivity contribution >= 4 is 29.0 Å². The molecule has 2 N–H and O–H groups in total. The molecule has 2 amide bonds. The van der Waals surface area contributed by atoms with Crippen LogP contribution in [0.2, 0.25) is 0 Å². The van der Waals surface area contributed by atoms with Crippen molar-refractivity contribution in [3.05, 3.63) is 83.6 Å². The molecule has 0 radical (unpaired) electrons. The van der Waals surface area contributed by atoms with Gasteiger partial charge in [0.1, 0.15) is 5.82 Å². The highest BCUT2D eigenvalue weighted by Gasteiger charge is 2.21. The maximum atomic E-state index is 13.1. The number of benzene rings is 2. The summed E-state index contributed by atoms with van der Waals surface area (Å²) in [6.07, 6.45) is 4.16. The molecule has 0 atom stereocenters. The number of aromatic nitrogens is 1. The van der Waals surface area contributed by atoms with Crippen LogP contribution in [0.4, 0.5) is 17.2 Å². The second-order valence-electron chi connectivity index (χ2n) is 8.78. The van der Waals surface area contributed by atoms with Crippen LogP contribution in [0.1, 0.15) is 41.3 Å². The first kappa shape index (κ1) is 22.5. The fourth-order valence-corrected chi connectivity index (χ4v) is 4.06. The van der Waals surface area contributed by atoms with Gasteiger partial charge in [0.2, 0.25) is 5.91 Å². The predicted molar refractivity (Wildman–Crippen MR) is 133 cm³/mol. The average molecular weight is 443 g/mol. The smallest absolute Gasteiger partial charge is 0.257 e. The normalized spacial score (nSPS) is 14.1. The van der Waals surface area contributed by atoms with E-state index in [0.29, 0.717) is 17.1 Å². The Hall–Kier alpha value is -3.67. The minimum Gasteiger partial charge on any atom is -0.371 e. The van der Waals surface area contributed by atoms with Crippen LogP contribution in [0, 0.1) is 12.8 Å². The van der Waals surface area contributed by atoms with Gasteiger partial charge in [0, 0.05) is 30.7 Å². The molecule has 3 aromatic rings. The van der Waals surface area contributed by atoms with Gasteiger partial charge in [-0.2, -0.15) is 0 Å². The van der Waals surface area contributed by atoms with Gasteiger partial charge in [-0.1, -0.05) is 31.2 Å². The van der Waals surface area contributed by atoms with Gasteiger partial charge in [-0.05, 0) is 73.2 Å². The molecular formula is C27H30N4O2. The van der Waals surface area contributed by atoms with Gasteiger partial charge in [-0.3, -0.25) is 9.59 Å². The lowest BCUT2D eigenvalue weighted by Crippen LogP contribution is -2.34. The number of nitrogens with zero attached hydrogens (tertiary/aromatic N) is 2. The summed E-state index contributed by atoms with van der Waals surface area (Å²) in [4.78, 5) is 31.8. The average Bonchev–Trinajstić information content (AvgIpc) is 2.81. The Morgan fingerprint density at radius 1 is 1.00 bits per heavy atom. The quantitative estimate of drug-likeness (QED) is 0.560. The van der Waals surface area contributed by atoms with Crippen molar-refractivity contribution in [1.82, 2.24) is 4.98 Å². The lowest BCUT2D eigenvalue weighted by Gasteiger charge is -2.33. The minimum atomic E-state index is -0.134. The number of nitrogens with one attached hydrogen (secondary N) is 2. The number of anilines is 3. The highest BCUT2D eigenvalue weighted by Crippen LogP contribution is 2.28. The fourth-order valence-electron chi connectivity index (χ4n) is 4.06. The monoisotopic (exact) mass is 442 g/mol. The van der Waals surface area contributed by atoms with Crippen LogP contribution in [0.5, 0.6) is 0 Å². The van der Waals surface area contributed by atoms with E-state index in [1.807, 2.05) is 42.5 Å². The third-order valence-electron chi connectivity index (χ3n) is 6.03. The molecule has 0 unspecified atom stereocenters. The summed E-state index contributed by atoms with van der Waals surface area (Å²) in [6.45, 7) is 6.29. The van der Waals surface area contributed by atoms with Crippen molar-refractivity contribution in [3.8, 4) is 0 Å². The first-order valence-electron chi connectivity index (χ1n) is 11.4. The number of carbonyl (C=O) groups is 2. The molecule has 1 aromatic heterocycles. The van der Waals surface area contributed by atoms with Crippen molar-refractivity contribution < 1.29 is 9.59 Å². The molecule has 0 bridgehead atoms. The summed E-state index contributed by atoms with van der Waals surface area (Å²) >= 11 is 0. The van der Waals surface area contributed by atoms with E-state index in [0.717, 1.165) is 48.7 Å². The van der Waals surface area contributed by atoms with Crippen molar-refractivity contribution in [2.24, 2.45) is 5.92 Å². The number of hydrogen-bond donors (Lipinski definition) is 2. The first-order valence-corrected chi connectivity index (χ1v) is 11.4. The Bertz CT molecular complexity index is 1100. The molecule has 33 heavy (non-hydrogen) atoms. The number of piperidine rings is 1. The largest absolute Gasteiger partial charge is 0.371 e. The van der Waals surface area contributed by atoms with E-state index in [9.17, 15) is 9.59 Å². The van der Waals surface area contributed by atoms with E-state index in [-0.39, 0.29) is 18.2 Å². The van der Waals surface area contributed by atoms with E-state index in [1.54, 1.807) is 18.3 Å². The summed E-state index contributed by atoms with van der Waals surface area (Å²) < 4.78 is 0. The maximum Gasteiger partial charge on any atom is 0.257 e. The van der Waals surface area contributed by atoms with E-state index >= 15 is 0 Å². The van der Waals surface area contributed by atoms with Crippen LogP contribution in [0.15, 0.2) is 66.9 Å². The van der Waals surface area contributed by atoms with Crippen LogP contribution in [-0.4, -0.2) is 29.9 Å². The predicted octanol–water partition coefficient (Wildman–Crippen LogP) is 5.06. The minimum absolute atomic E-state index is 0.121. The lowest BCUT2D eigenvalue weighted by atomic mass is 9.97. The highest BCUT2D eigenvalue weighted by atomic mass is 16.2. The Labute approximate surface area is 195 Å². The number of hydrogen-bond acceptors (Lipinski definition) is 4. The van der Waals surface area contributed by atoms with Gasteiger partial charge in [0.15, 0.2) is 0 Å². The molecule has 1 saturated heterocycles.